The number of piperidine rings is 1. The molecule has 0 aromatic carbocycles. The second-order valence-electron chi connectivity index (χ2n) is 7.46. The van der Waals surface area contributed by atoms with Crippen LogP contribution in [0.25, 0.3) is 0 Å². The molecular weight excluding hydrogens is 290 g/mol. The third kappa shape index (κ3) is 6.68. The molecule has 0 aromatic rings. The SMILES string of the molecule is CN1CCC[C@@H](CNC(=O)N(CCO)CCC2CCCCC2)C1. The highest BCUT2D eigenvalue weighted by molar-refractivity contribution is 5.74. The number of rotatable bonds is 7. The van der Waals surface area contributed by atoms with Gasteiger partial charge < -0.3 is 20.2 Å². The van der Waals surface area contributed by atoms with Gasteiger partial charge in [0.1, 0.15) is 0 Å². The number of nitrogens with one attached hydrogen (secondary N) is 1. The van der Waals surface area contributed by atoms with Gasteiger partial charge in [-0.2, -0.15) is 0 Å². The van der Waals surface area contributed by atoms with Gasteiger partial charge in [0.25, 0.3) is 0 Å². The molecule has 2 aliphatic rings. The maximum Gasteiger partial charge on any atom is 0.317 e. The lowest BCUT2D eigenvalue weighted by atomic mass is 9.87. The standard InChI is InChI=1S/C18H35N3O2/c1-20-10-5-8-17(15-20)14-19-18(23)21(12-13-22)11-9-16-6-3-2-4-7-16/h16-17,22H,2-15H2,1H3,(H,19,23)/t17-/m0/s1. The lowest BCUT2D eigenvalue weighted by Gasteiger charge is -2.31. The Balaban J connectivity index is 1.71. The normalized spacial score (nSPS) is 23.7. The Morgan fingerprint density at radius 3 is 2.57 bits per heavy atom. The largest absolute Gasteiger partial charge is 0.395 e. The Morgan fingerprint density at radius 2 is 1.87 bits per heavy atom. The quantitative estimate of drug-likeness (QED) is 0.755. The second kappa shape index (κ2) is 10.1. The number of amides is 2. The maximum atomic E-state index is 12.4. The molecule has 23 heavy (non-hydrogen) atoms. The van der Waals surface area contributed by atoms with Gasteiger partial charge in [0.15, 0.2) is 0 Å². The van der Waals surface area contributed by atoms with Crippen molar-refractivity contribution < 1.29 is 9.90 Å². The number of nitrogens with zero attached hydrogens (tertiary/aromatic N) is 2. The number of carbonyl (C=O) groups excluding carboxylic acids is 1. The summed E-state index contributed by atoms with van der Waals surface area (Å²) in [6.45, 7) is 4.27. The Morgan fingerprint density at radius 1 is 1.13 bits per heavy atom. The summed E-state index contributed by atoms with van der Waals surface area (Å²) in [5, 5.41) is 12.3. The van der Waals surface area contributed by atoms with Gasteiger partial charge in [-0.05, 0) is 44.7 Å². The molecule has 2 fully saturated rings. The molecule has 2 rings (SSSR count). The number of urea groups is 1. The van der Waals surface area contributed by atoms with Crippen LogP contribution in [0.5, 0.6) is 0 Å². The van der Waals surface area contributed by atoms with E-state index in [-0.39, 0.29) is 12.6 Å². The summed E-state index contributed by atoms with van der Waals surface area (Å²) >= 11 is 0. The van der Waals surface area contributed by atoms with Crippen molar-refractivity contribution in [2.24, 2.45) is 11.8 Å². The highest BCUT2D eigenvalue weighted by Crippen LogP contribution is 2.26. The predicted molar refractivity (Wildman–Crippen MR) is 93.5 cm³/mol. The van der Waals surface area contributed by atoms with Crippen molar-refractivity contribution in [1.29, 1.82) is 0 Å². The number of likely N-dealkylation sites (tertiary alicyclic amines) is 1. The first kappa shape index (κ1) is 18.5. The van der Waals surface area contributed by atoms with Crippen molar-refractivity contribution in [1.82, 2.24) is 15.1 Å². The third-order valence-electron chi connectivity index (χ3n) is 5.45. The topological polar surface area (TPSA) is 55.8 Å². The van der Waals surface area contributed by atoms with E-state index < -0.39 is 0 Å². The van der Waals surface area contributed by atoms with Gasteiger partial charge in [0, 0.05) is 26.2 Å². The van der Waals surface area contributed by atoms with Gasteiger partial charge >= 0.3 is 6.03 Å². The van der Waals surface area contributed by atoms with Crippen LogP contribution < -0.4 is 5.32 Å². The molecular formula is C18H35N3O2. The van der Waals surface area contributed by atoms with Crippen LogP contribution >= 0.6 is 0 Å². The second-order valence-corrected chi connectivity index (χ2v) is 7.46. The Hall–Kier alpha value is -0.810. The van der Waals surface area contributed by atoms with Crippen LogP contribution in [0.15, 0.2) is 0 Å². The monoisotopic (exact) mass is 325 g/mol. The molecule has 1 aliphatic carbocycles. The first-order chi connectivity index (χ1) is 11.2. The molecule has 5 heteroatoms. The minimum absolute atomic E-state index is 0.00286. The van der Waals surface area contributed by atoms with Crippen molar-refractivity contribution in [3.05, 3.63) is 0 Å². The number of aliphatic hydroxyl groups excluding tert-OH is 1. The summed E-state index contributed by atoms with van der Waals surface area (Å²) in [7, 11) is 2.15. The molecule has 134 valence electrons. The summed E-state index contributed by atoms with van der Waals surface area (Å²) in [5.41, 5.74) is 0. The molecule has 0 aromatic heterocycles. The van der Waals surface area contributed by atoms with Gasteiger partial charge in [-0.3, -0.25) is 0 Å². The molecule has 1 aliphatic heterocycles. The van der Waals surface area contributed by atoms with Crippen LogP contribution in [0.4, 0.5) is 4.79 Å². The summed E-state index contributed by atoms with van der Waals surface area (Å²) in [5.74, 6) is 1.33. The molecule has 0 bridgehead atoms. The molecule has 1 atom stereocenters. The maximum absolute atomic E-state index is 12.4. The van der Waals surface area contributed by atoms with E-state index in [1.165, 1.54) is 51.5 Å². The number of carbonyl (C=O) groups is 1. The van der Waals surface area contributed by atoms with E-state index in [0.717, 1.165) is 32.0 Å². The van der Waals surface area contributed by atoms with Crippen LogP contribution in [-0.2, 0) is 0 Å². The van der Waals surface area contributed by atoms with Crippen molar-refractivity contribution >= 4 is 6.03 Å². The lowest BCUT2D eigenvalue weighted by molar-refractivity contribution is 0.162. The van der Waals surface area contributed by atoms with Crippen LogP contribution in [-0.4, -0.2) is 67.3 Å². The zero-order valence-corrected chi connectivity index (χ0v) is 14.8. The minimum atomic E-state index is 0.00286. The van der Waals surface area contributed by atoms with Crippen LogP contribution in [0.3, 0.4) is 0 Å². The molecule has 5 nitrogen and oxygen atoms in total. The molecule has 1 heterocycles. The summed E-state index contributed by atoms with van der Waals surface area (Å²) in [6.07, 6.45) is 10.2. The van der Waals surface area contributed by atoms with E-state index in [0.29, 0.717) is 12.5 Å². The van der Waals surface area contributed by atoms with E-state index in [4.69, 9.17) is 0 Å². The molecule has 2 amide bonds. The molecule has 2 N–H and O–H groups in total. The number of aliphatic hydroxyl groups is 1. The molecule has 0 unspecified atom stereocenters. The summed E-state index contributed by atoms with van der Waals surface area (Å²) in [4.78, 5) is 16.6. The zero-order valence-electron chi connectivity index (χ0n) is 14.8. The lowest BCUT2D eigenvalue weighted by Crippen LogP contribution is -2.46. The fourth-order valence-corrected chi connectivity index (χ4v) is 4.03. The molecule has 1 saturated carbocycles. The average molecular weight is 325 g/mol. The van der Waals surface area contributed by atoms with Crippen LogP contribution in [0.2, 0.25) is 0 Å². The van der Waals surface area contributed by atoms with Crippen molar-refractivity contribution in [2.75, 3.05) is 46.4 Å². The summed E-state index contributed by atoms with van der Waals surface area (Å²) < 4.78 is 0. The average Bonchev–Trinajstić information content (AvgIpc) is 2.57. The Bertz CT molecular complexity index is 345. The fraction of sp³-hybridized carbons (Fsp3) is 0.944. The minimum Gasteiger partial charge on any atom is -0.395 e. The van der Waals surface area contributed by atoms with Gasteiger partial charge in [-0.1, -0.05) is 32.1 Å². The van der Waals surface area contributed by atoms with Gasteiger partial charge in [0.05, 0.1) is 6.61 Å². The first-order valence-electron chi connectivity index (χ1n) is 9.51. The third-order valence-corrected chi connectivity index (χ3v) is 5.45. The van der Waals surface area contributed by atoms with E-state index in [1.807, 2.05) is 0 Å². The van der Waals surface area contributed by atoms with Crippen molar-refractivity contribution in [3.63, 3.8) is 0 Å². The highest BCUT2D eigenvalue weighted by atomic mass is 16.3. The molecule has 0 spiro atoms. The van der Waals surface area contributed by atoms with E-state index in [2.05, 4.69) is 17.3 Å². The van der Waals surface area contributed by atoms with Gasteiger partial charge in [-0.15, -0.1) is 0 Å². The number of hydrogen-bond acceptors (Lipinski definition) is 3. The predicted octanol–water partition coefficient (Wildman–Crippen LogP) is 2.30. The van der Waals surface area contributed by atoms with Crippen molar-refractivity contribution in [2.45, 2.75) is 51.4 Å². The van der Waals surface area contributed by atoms with Crippen LogP contribution in [0.1, 0.15) is 51.4 Å². The van der Waals surface area contributed by atoms with Crippen LogP contribution in [0, 0.1) is 11.8 Å². The van der Waals surface area contributed by atoms with E-state index in [1.54, 1.807) is 4.90 Å². The van der Waals surface area contributed by atoms with Crippen molar-refractivity contribution in [3.8, 4) is 0 Å². The molecule has 1 saturated heterocycles. The van der Waals surface area contributed by atoms with Gasteiger partial charge in [0.2, 0.25) is 0 Å². The number of hydrogen-bond donors (Lipinski definition) is 2. The Labute approximate surface area is 141 Å². The van der Waals surface area contributed by atoms with E-state index >= 15 is 0 Å². The molecule has 0 radical (unpaired) electrons. The first-order valence-corrected chi connectivity index (χ1v) is 9.51. The van der Waals surface area contributed by atoms with E-state index in [9.17, 15) is 9.90 Å². The Kier molecular flexibility index (Phi) is 8.17. The fourth-order valence-electron chi connectivity index (χ4n) is 4.03. The highest BCUT2D eigenvalue weighted by Gasteiger charge is 2.21. The van der Waals surface area contributed by atoms with Gasteiger partial charge in [-0.25, -0.2) is 4.79 Å². The zero-order chi connectivity index (χ0) is 16.5. The smallest absolute Gasteiger partial charge is 0.317 e. The summed E-state index contributed by atoms with van der Waals surface area (Å²) in [6, 6.07) is 0.00286.